The number of hydrogen-bond donors (Lipinski definition) is 1. The van der Waals surface area contributed by atoms with Crippen molar-refractivity contribution in [2.45, 2.75) is 33.6 Å². The van der Waals surface area contributed by atoms with Gasteiger partial charge in [0.25, 0.3) is 0 Å². The third kappa shape index (κ3) is 4.01. The van der Waals surface area contributed by atoms with Crippen molar-refractivity contribution in [1.29, 1.82) is 5.26 Å². The molecule has 0 aromatic rings. The van der Waals surface area contributed by atoms with Gasteiger partial charge in [0.2, 0.25) is 0 Å². The van der Waals surface area contributed by atoms with Crippen LogP contribution < -0.4 is 0 Å². The van der Waals surface area contributed by atoms with Crippen molar-refractivity contribution in [2.75, 3.05) is 19.6 Å². The zero-order valence-electron chi connectivity index (χ0n) is 10.9. The molecule has 1 aliphatic rings. The molecule has 0 aliphatic carbocycles. The average Bonchev–Trinajstić information content (AvgIpc) is 2.20. The van der Waals surface area contributed by atoms with E-state index in [9.17, 15) is 4.79 Å². The summed E-state index contributed by atoms with van der Waals surface area (Å²) in [5.74, 6) is -0.626. The second kappa shape index (κ2) is 5.50. The molecular formula is C13H22N2O2. The molecule has 0 bridgehead atoms. The molecular weight excluding hydrogens is 216 g/mol. The van der Waals surface area contributed by atoms with Gasteiger partial charge in [0, 0.05) is 13.1 Å². The van der Waals surface area contributed by atoms with Crippen LogP contribution in [0.4, 0.5) is 0 Å². The molecule has 4 nitrogen and oxygen atoms in total. The van der Waals surface area contributed by atoms with Crippen molar-refractivity contribution in [2.24, 2.45) is 17.3 Å². The van der Waals surface area contributed by atoms with Crippen LogP contribution in [0.1, 0.15) is 33.6 Å². The van der Waals surface area contributed by atoms with E-state index in [0.717, 1.165) is 32.5 Å². The Morgan fingerprint density at radius 1 is 1.59 bits per heavy atom. The topological polar surface area (TPSA) is 64.3 Å². The van der Waals surface area contributed by atoms with E-state index in [2.05, 4.69) is 11.0 Å². The maximum atomic E-state index is 10.8. The summed E-state index contributed by atoms with van der Waals surface area (Å²) < 4.78 is 0. The van der Waals surface area contributed by atoms with Crippen LogP contribution in [0.2, 0.25) is 0 Å². The van der Waals surface area contributed by atoms with Gasteiger partial charge in [0.15, 0.2) is 0 Å². The van der Waals surface area contributed by atoms with E-state index < -0.39 is 5.97 Å². The molecule has 1 saturated heterocycles. The van der Waals surface area contributed by atoms with Gasteiger partial charge < -0.3 is 10.0 Å². The Balaban J connectivity index is 2.15. The predicted molar refractivity (Wildman–Crippen MR) is 65.4 cm³/mol. The molecule has 1 aliphatic heterocycles. The van der Waals surface area contributed by atoms with Crippen LogP contribution >= 0.6 is 0 Å². The van der Waals surface area contributed by atoms with E-state index in [4.69, 9.17) is 10.4 Å². The van der Waals surface area contributed by atoms with Crippen molar-refractivity contribution < 1.29 is 9.90 Å². The van der Waals surface area contributed by atoms with Crippen molar-refractivity contribution >= 4 is 5.97 Å². The highest BCUT2D eigenvalue weighted by atomic mass is 16.4. The Labute approximate surface area is 103 Å². The standard InChI is InChI=1S/C13H22N2O2/c1-10(12(16)17)11-7-15(8-11)6-4-5-13(2,3)9-14/h10-11H,4-8H2,1-3H3,(H,16,17). The molecule has 1 fully saturated rings. The monoisotopic (exact) mass is 238 g/mol. The molecule has 1 N–H and O–H groups in total. The lowest BCUT2D eigenvalue weighted by atomic mass is 9.86. The first-order chi connectivity index (χ1) is 7.85. The lowest BCUT2D eigenvalue weighted by molar-refractivity contribution is -0.145. The summed E-state index contributed by atoms with van der Waals surface area (Å²) >= 11 is 0. The minimum atomic E-state index is -0.694. The zero-order chi connectivity index (χ0) is 13.1. The van der Waals surface area contributed by atoms with Crippen molar-refractivity contribution in [3.63, 3.8) is 0 Å². The van der Waals surface area contributed by atoms with Crippen LogP contribution in [0.3, 0.4) is 0 Å². The molecule has 1 unspecified atom stereocenters. The van der Waals surface area contributed by atoms with Gasteiger partial charge in [0.05, 0.1) is 17.4 Å². The lowest BCUT2D eigenvalue weighted by Crippen LogP contribution is -2.51. The van der Waals surface area contributed by atoms with Crippen molar-refractivity contribution in [3.05, 3.63) is 0 Å². The van der Waals surface area contributed by atoms with Crippen molar-refractivity contribution in [3.8, 4) is 6.07 Å². The lowest BCUT2D eigenvalue weighted by Gasteiger charge is -2.41. The van der Waals surface area contributed by atoms with E-state index in [0.29, 0.717) is 5.92 Å². The molecule has 4 heteroatoms. The molecule has 1 atom stereocenters. The van der Waals surface area contributed by atoms with Crippen LogP contribution in [0.5, 0.6) is 0 Å². The fourth-order valence-corrected chi connectivity index (χ4v) is 2.11. The number of carboxylic acids is 1. The van der Waals surface area contributed by atoms with Crippen LogP contribution in [0, 0.1) is 28.6 Å². The number of likely N-dealkylation sites (tertiary alicyclic amines) is 1. The van der Waals surface area contributed by atoms with E-state index in [-0.39, 0.29) is 11.3 Å². The molecule has 1 rings (SSSR count). The van der Waals surface area contributed by atoms with Gasteiger partial charge in [-0.05, 0) is 39.2 Å². The van der Waals surface area contributed by atoms with Crippen LogP contribution in [-0.2, 0) is 4.79 Å². The third-order valence-electron chi connectivity index (χ3n) is 3.66. The number of nitriles is 1. The van der Waals surface area contributed by atoms with Gasteiger partial charge in [-0.1, -0.05) is 6.92 Å². The Morgan fingerprint density at radius 3 is 2.65 bits per heavy atom. The third-order valence-corrected chi connectivity index (χ3v) is 3.66. The fraction of sp³-hybridized carbons (Fsp3) is 0.846. The Hall–Kier alpha value is -1.08. The summed E-state index contributed by atoms with van der Waals surface area (Å²) in [6, 6.07) is 2.30. The van der Waals surface area contributed by atoms with Crippen LogP contribution in [0.15, 0.2) is 0 Å². The Kier molecular flexibility index (Phi) is 4.53. The number of hydrogen-bond acceptors (Lipinski definition) is 3. The zero-order valence-corrected chi connectivity index (χ0v) is 10.9. The highest BCUT2D eigenvalue weighted by molar-refractivity contribution is 5.70. The SMILES string of the molecule is CC(C(=O)O)C1CN(CCCC(C)(C)C#N)C1. The molecule has 1 heterocycles. The highest BCUT2D eigenvalue weighted by Gasteiger charge is 2.34. The summed E-state index contributed by atoms with van der Waals surface area (Å²) in [4.78, 5) is 13.0. The Morgan fingerprint density at radius 2 is 2.18 bits per heavy atom. The first kappa shape index (κ1) is 14.0. The second-order valence-electron chi connectivity index (χ2n) is 5.75. The summed E-state index contributed by atoms with van der Waals surface area (Å²) in [6.07, 6.45) is 1.91. The maximum absolute atomic E-state index is 10.8. The van der Waals surface area contributed by atoms with E-state index in [1.807, 2.05) is 13.8 Å². The molecule has 0 aromatic carbocycles. The number of carboxylic acid groups (broad SMARTS) is 1. The first-order valence-electron chi connectivity index (χ1n) is 6.22. The fourth-order valence-electron chi connectivity index (χ4n) is 2.11. The van der Waals surface area contributed by atoms with Crippen molar-refractivity contribution in [1.82, 2.24) is 4.90 Å². The number of carbonyl (C=O) groups is 1. The van der Waals surface area contributed by atoms with E-state index >= 15 is 0 Å². The largest absolute Gasteiger partial charge is 0.481 e. The van der Waals surface area contributed by atoms with Crippen LogP contribution in [-0.4, -0.2) is 35.6 Å². The Bertz CT molecular complexity index is 314. The smallest absolute Gasteiger partial charge is 0.306 e. The number of aliphatic carboxylic acids is 1. The quantitative estimate of drug-likeness (QED) is 0.768. The van der Waals surface area contributed by atoms with E-state index in [1.165, 1.54) is 0 Å². The summed E-state index contributed by atoms with van der Waals surface area (Å²) in [5.41, 5.74) is -0.237. The maximum Gasteiger partial charge on any atom is 0.306 e. The molecule has 0 saturated carbocycles. The van der Waals surface area contributed by atoms with Gasteiger partial charge in [0.1, 0.15) is 0 Å². The normalized spacial score (nSPS) is 19.4. The van der Waals surface area contributed by atoms with Gasteiger partial charge in [-0.2, -0.15) is 5.26 Å². The summed E-state index contributed by atoms with van der Waals surface area (Å²) in [5, 5.41) is 17.7. The van der Waals surface area contributed by atoms with E-state index in [1.54, 1.807) is 6.92 Å². The molecule has 0 aromatic heterocycles. The molecule has 0 amide bonds. The summed E-state index contributed by atoms with van der Waals surface area (Å²) in [7, 11) is 0. The predicted octanol–water partition coefficient (Wildman–Crippen LogP) is 1.97. The molecule has 96 valence electrons. The molecule has 0 radical (unpaired) electrons. The van der Waals surface area contributed by atoms with Gasteiger partial charge in [-0.15, -0.1) is 0 Å². The summed E-state index contributed by atoms with van der Waals surface area (Å²) in [6.45, 7) is 8.45. The minimum Gasteiger partial charge on any atom is -0.481 e. The van der Waals surface area contributed by atoms with Gasteiger partial charge in [-0.3, -0.25) is 4.79 Å². The highest BCUT2D eigenvalue weighted by Crippen LogP contribution is 2.26. The molecule has 0 spiro atoms. The average molecular weight is 238 g/mol. The van der Waals surface area contributed by atoms with Gasteiger partial charge in [-0.25, -0.2) is 0 Å². The second-order valence-corrected chi connectivity index (χ2v) is 5.75. The molecule has 17 heavy (non-hydrogen) atoms. The first-order valence-corrected chi connectivity index (χ1v) is 6.22. The number of nitrogens with zero attached hydrogens (tertiary/aromatic N) is 2. The van der Waals surface area contributed by atoms with Gasteiger partial charge >= 0.3 is 5.97 Å². The van der Waals surface area contributed by atoms with Crippen LogP contribution in [0.25, 0.3) is 0 Å². The minimum absolute atomic E-state index is 0.234. The number of rotatable bonds is 6.